The van der Waals surface area contributed by atoms with Gasteiger partial charge >= 0.3 is 5.97 Å². The fourth-order valence-electron chi connectivity index (χ4n) is 2.43. The monoisotopic (exact) mass is 487 g/mol. The molecule has 0 radical (unpaired) electrons. The van der Waals surface area contributed by atoms with Gasteiger partial charge < -0.3 is 9.47 Å². The summed E-state index contributed by atoms with van der Waals surface area (Å²) < 4.78 is 11.4. The summed E-state index contributed by atoms with van der Waals surface area (Å²) >= 11 is 6.72. The summed E-state index contributed by atoms with van der Waals surface area (Å²) in [7, 11) is 0. The molecular formula is C22H18BrNO3S2. The van der Waals surface area contributed by atoms with Crippen LogP contribution in [0, 0.1) is 18.8 Å². The predicted molar refractivity (Wildman–Crippen MR) is 120 cm³/mol. The van der Waals surface area contributed by atoms with E-state index < -0.39 is 0 Å². The first-order valence-electron chi connectivity index (χ1n) is 8.82. The van der Waals surface area contributed by atoms with Crippen LogP contribution in [0.25, 0.3) is 0 Å². The standard InChI is InChI=1S/C22H18BrNO3S2/c1-3-26-22(25)14-27-20-6-5-18(10-15(20)2)29-19-12-16(11-17(23)13-19)4-7-21-24-8-9-28-21/h5-6,8-13H,3,14H2,1-2H3. The van der Waals surface area contributed by atoms with Crippen molar-refractivity contribution in [3.05, 3.63) is 68.6 Å². The molecule has 3 aromatic rings. The number of benzene rings is 2. The molecule has 0 amide bonds. The van der Waals surface area contributed by atoms with E-state index in [1.54, 1.807) is 24.9 Å². The molecule has 0 unspecified atom stereocenters. The van der Waals surface area contributed by atoms with Gasteiger partial charge in [-0.15, -0.1) is 11.3 Å². The average Bonchev–Trinajstić information content (AvgIpc) is 3.19. The van der Waals surface area contributed by atoms with E-state index in [2.05, 4.69) is 44.9 Å². The summed E-state index contributed by atoms with van der Waals surface area (Å²) in [4.78, 5) is 17.8. The Morgan fingerprint density at radius 1 is 1.21 bits per heavy atom. The highest BCUT2D eigenvalue weighted by Gasteiger charge is 2.08. The first-order chi connectivity index (χ1) is 14.0. The van der Waals surface area contributed by atoms with Crippen LogP contribution in [0.15, 0.2) is 62.2 Å². The van der Waals surface area contributed by atoms with Gasteiger partial charge in [-0.25, -0.2) is 9.78 Å². The molecule has 0 spiro atoms. The molecule has 0 fully saturated rings. The van der Waals surface area contributed by atoms with Gasteiger partial charge in [0.1, 0.15) is 5.75 Å². The Labute approximate surface area is 186 Å². The minimum atomic E-state index is -0.370. The number of hydrogen-bond donors (Lipinski definition) is 0. The zero-order valence-electron chi connectivity index (χ0n) is 15.9. The lowest BCUT2D eigenvalue weighted by atomic mass is 10.2. The lowest BCUT2D eigenvalue weighted by Gasteiger charge is -2.10. The zero-order chi connectivity index (χ0) is 20.6. The van der Waals surface area contributed by atoms with Gasteiger partial charge in [0, 0.05) is 31.4 Å². The Balaban J connectivity index is 1.71. The van der Waals surface area contributed by atoms with E-state index in [-0.39, 0.29) is 12.6 Å². The van der Waals surface area contributed by atoms with Crippen LogP contribution in [0.4, 0.5) is 0 Å². The van der Waals surface area contributed by atoms with E-state index in [1.807, 2.05) is 36.6 Å². The quantitative estimate of drug-likeness (QED) is 0.329. The maximum Gasteiger partial charge on any atom is 0.344 e. The number of esters is 1. The molecule has 4 nitrogen and oxygen atoms in total. The van der Waals surface area contributed by atoms with E-state index >= 15 is 0 Å². The van der Waals surface area contributed by atoms with Crippen molar-refractivity contribution in [1.29, 1.82) is 0 Å². The van der Waals surface area contributed by atoms with Crippen molar-refractivity contribution in [2.45, 2.75) is 23.6 Å². The normalized spacial score (nSPS) is 10.2. The van der Waals surface area contributed by atoms with Crippen LogP contribution < -0.4 is 4.74 Å². The third kappa shape index (κ3) is 6.64. The van der Waals surface area contributed by atoms with Crippen LogP contribution in [-0.2, 0) is 9.53 Å². The van der Waals surface area contributed by atoms with Gasteiger partial charge in [-0.1, -0.05) is 33.6 Å². The number of carbonyl (C=O) groups excluding carboxylic acids is 1. The minimum absolute atomic E-state index is 0.0894. The molecule has 0 bridgehead atoms. The van der Waals surface area contributed by atoms with Crippen molar-refractivity contribution < 1.29 is 14.3 Å². The lowest BCUT2D eigenvalue weighted by Crippen LogP contribution is -2.14. The van der Waals surface area contributed by atoms with Crippen molar-refractivity contribution in [1.82, 2.24) is 4.98 Å². The summed E-state index contributed by atoms with van der Waals surface area (Å²) in [6.45, 7) is 3.98. The molecule has 1 heterocycles. The summed E-state index contributed by atoms with van der Waals surface area (Å²) in [5.74, 6) is 6.55. The summed E-state index contributed by atoms with van der Waals surface area (Å²) in [5, 5.41) is 2.71. The average molecular weight is 488 g/mol. The highest BCUT2D eigenvalue weighted by Crippen LogP contribution is 2.33. The molecule has 0 saturated carbocycles. The van der Waals surface area contributed by atoms with E-state index in [0.29, 0.717) is 12.4 Å². The van der Waals surface area contributed by atoms with Crippen molar-refractivity contribution >= 4 is 45.0 Å². The largest absolute Gasteiger partial charge is 0.482 e. The molecule has 7 heteroatoms. The molecule has 0 N–H and O–H groups in total. The van der Waals surface area contributed by atoms with Gasteiger partial charge in [-0.2, -0.15) is 0 Å². The van der Waals surface area contributed by atoms with E-state index in [0.717, 1.165) is 30.4 Å². The number of thiazole rings is 1. The summed E-state index contributed by atoms with van der Waals surface area (Å²) in [6.07, 6.45) is 1.75. The van der Waals surface area contributed by atoms with Crippen LogP contribution in [0.3, 0.4) is 0 Å². The van der Waals surface area contributed by atoms with Crippen LogP contribution >= 0.6 is 39.0 Å². The number of rotatable bonds is 6. The Kier molecular flexibility index (Phi) is 7.76. The van der Waals surface area contributed by atoms with Gasteiger partial charge in [-0.3, -0.25) is 0 Å². The van der Waals surface area contributed by atoms with Crippen molar-refractivity contribution in [2.24, 2.45) is 0 Å². The molecule has 0 atom stereocenters. The van der Waals surface area contributed by atoms with Gasteiger partial charge in [0.2, 0.25) is 0 Å². The maximum absolute atomic E-state index is 11.5. The van der Waals surface area contributed by atoms with E-state index in [1.165, 1.54) is 11.3 Å². The molecule has 3 rings (SSSR count). The first kappa shape index (κ1) is 21.4. The second-order valence-electron chi connectivity index (χ2n) is 5.89. The lowest BCUT2D eigenvalue weighted by molar-refractivity contribution is -0.145. The number of aryl methyl sites for hydroxylation is 1. The van der Waals surface area contributed by atoms with Crippen LogP contribution in [-0.4, -0.2) is 24.2 Å². The van der Waals surface area contributed by atoms with Crippen LogP contribution in [0.2, 0.25) is 0 Å². The predicted octanol–water partition coefficient (Wildman–Crippen LogP) is 5.71. The Bertz CT molecular complexity index is 1060. The Hall–Kier alpha value is -2.27. The minimum Gasteiger partial charge on any atom is -0.482 e. The fourth-order valence-corrected chi connectivity index (χ4v) is 4.57. The number of hydrogen-bond acceptors (Lipinski definition) is 6. The molecular weight excluding hydrogens is 470 g/mol. The van der Waals surface area contributed by atoms with Gasteiger partial charge in [0.25, 0.3) is 0 Å². The maximum atomic E-state index is 11.5. The molecule has 0 aliphatic carbocycles. The third-order valence-corrected chi connectivity index (χ3v) is 5.76. The molecule has 29 heavy (non-hydrogen) atoms. The van der Waals surface area contributed by atoms with Gasteiger partial charge in [0.05, 0.1) is 6.61 Å². The fraction of sp³-hybridized carbons (Fsp3) is 0.182. The number of aromatic nitrogens is 1. The second-order valence-corrected chi connectivity index (χ2v) is 8.84. The number of halogens is 1. The van der Waals surface area contributed by atoms with Crippen molar-refractivity contribution in [3.8, 4) is 17.6 Å². The number of nitrogens with zero attached hydrogens (tertiary/aromatic N) is 1. The van der Waals surface area contributed by atoms with E-state index in [9.17, 15) is 4.79 Å². The molecule has 0 aliphatic heterocycles. The van der Waals surface area contributed by atoms with E-state index in [4.69, 9.17) is 9.47 Å². The second kappa shape index (κ2) is 10.5. The molecule has 0 saturated heterocycles. The zero-order valence-corrected chi connectivity index (χ0v) is 19.1. The summed E-state index contributed by atoms with van der Waals surface area (Å²) in [6, 6.07) is 12.0. The molecule has 0 aliphatic rings. The van der Waals surface area contributed by atoms with Crippen LogP contribution in [0.1, 0.15) is 23.1 Å². The first-order valence-corrected chi connectivity index (χ1v) is 11.3. The highest BCUT2D eigenvalue weighted by molar-refractivity contribution is 9.10. The smallest absolute Gasteiger partial charge is 0.344 e. The highest BCUT2D eigenvalue weighted by atomic mass is 79.9. The number of ether oxygens (including phenoxy) is 2. The Morgan fingerprint density at radius 3 is 2.79 bits per heavy atom. The molecule has 2 aromatic carbocycles. The van der Waals surface area contributed by atoms with Crippen molar-refractivity contribution in [3.63, 3.8) is 0 Å². The van der Waals surface area contributed by atoms with Gasteiger partial charge in [0.15, 0.2) is 11.6 Å². The van der Waals surface area contributed by atoms with Crippen LogP contribution in [0.5, 0.6) is 5.75 Å². The SMILES string of the molecule is CCOC(=O)COc1ccc(Sc2cc(Br)cc(C#Cc3nccs3)c2)cc1C. The van der Waals surface area contributed by atoms with Gasteiger partial charge in [-0.05, 0) is 61.7 Å². The summed E-state index contributed by atoms with van der Waals surface area (Å²) in [5.41, 5.74) is 1.88. The third-order valence-electron chi connectivity index (χ3n) is 3.65. The number of carbonyl (C=O) groups is 1. The molecule has 148 valence electrons. The van der Waals surface area contributed by atoms with Crippen molar-refractivity contribution in [2.75, 3.05) is 13.2 Å². The topological polar surface area (TPSA) is 48.4 Å². The Morgan fingerprint density at radius 2 is 2.07 bits per heavy atom. The molecule has 1 aromatic heterocycles.